The van der Waals surface area contributed by atoms with Crippen LogP contribution >= 0.6 is 0 Å². The molecule has 5 heteroatoms. The lowest BCUT2D eigenvalue weighted by Gasteiger charge is -2.44. The molecule has 3 aromatic rings. The van der Waals surface area contributed by atoms with E-state index in [0.717, 1.165) is 35.4 Å². The molecule has 5 nitrogen and oxygen atoms in total. The predicted octanol–water partition coefficient (Wildman–Crippen LogP) is 4.48. The Kier molecular flexibility index (Phi) is 5.17. The number of nitrogens with one attached hydrogen (secondary N) is 1. The van der Waals surface area contributed by atoms with Gasteiger partial charge in [-0.15, -0.1) is 5.10 Å². The fourth-order valence-electron chi connectivity index (χ4n) is 4.10. The molecule has 1 aliphatic rings. The average molecular weight is 390 g/mol. The minimum atomic E-state index is 0.154. The van der Waals surface area contributed by atoms with Crippen LogP contribution in [0.3, 0.4) is 0 Å². The Balaban J connectivity index is 1.66. The largest absolute Gasteiger partial charge is 0.368 e. The van der Waals surface area contributed by atoms with Gasteiger partial charge in [0, 0.05) is 35.6 Å². The minimum Gasteiger partial charge on any atom is -0.368 e. The van der Waals surface area contributed by atoms with E-state index < -0.39 is 0 Å². The van der Waals surface area contributed by atoms with Crippen LogP contribution in [0.1, 0.15) is 35.3 Å². The summed E-state index contributed by atoms with van der Waals surface area (Å²) < 4.78 is 0. The molecule has 0 radical (unpaired) electrons. The zero-order valence-corrected chi connectivity index (χ0v) is 18.3. The third-order valence-electron chi connectivity index (χ3n) is 6.37. The predicted molar refractivity (Wildman–Crippen MR) is 122 cm³/mol. The number of aryl methyl sites for hydroxylation is 2. The van der Waals surface area contributed by atoms with Crippen molar-refractivity contribution >= 4 is 22.3 Å². The van der Waals surface area contributed by atoms with Crippen molar-refractivity contribution in [2.24, 2.45) is 0 Å². The van der Waals surface area contributed by atoms with Gasteiger partial charge < -0.3 is 15.1 Å². The molecule has 1 aromatic heterocycles. The van der Waals surface area contributed by atoms with Crippen LogP contribution in [0.5, 0.6) is 0 Å². The summed E-state index contributed by atoms with van der Waals surface area (Å²) in [5.41, 5.74) is 6.16. The molecule has 0 bridgehead atoms. The molecule has 0 amide bonds. The number of likely N-dealkylation sites (N-methyl/N-ethyl adjacent to an activating group) is 1. The highest BCUT2D eigenvalue weighted by Crippen LogP contribution is 2.32. The summed E-state index contributed by atoms with van der Waals surface area (Å²) in [5, 5.41) is 14.8. The topological polar surface area (TPSA) is 44.3 Å². The first-order valence-corrected chi connectivity index (χ1v) is 10.4. The van der Waals surface area contributed by atoms with Gasteiger partial charge in [0.1, 0.15) is 0 Å². The lowest BCUT2D eigenvalue weighted by molar-refractivity contribution is 0.247. The molecular weight excluding hydrogens is 358 g/mol. The van der Waals surface area contributed by atoms with Crippen LogP contribution in [-0.2, 0) is 0 Å². The molecule has 1 N–H and O–H groups in total. The van der Waals surface area contributed by atoms with Crippen LogP contribution in [0.25, 0.3) is 10.8 Å². The quantitative estimate of drug-likeness (QED) is 0.697. The molecule has 152 valence electrons. The van der Waals surface area contributed by atoms with Gasteiger partial charge in [0.25, 0.3) is 0 Å². The second kappa shape index (κ2) is 7.64. The normalized spacial score (nSPS) is 15.6. The summed E-state index contributed by atoms with van der Waals surface area (Å²) in [5.74, 6) is 0.852. The molecule has 4 rings (SSSR count). The highest BCUT2D eigenvalue weighted by molar-refractivity contribution is 5.95. The lowest BCUT2D eigenvalue weighted by atomic mass is 9.98. The van der Waals surface area contributed by atoms with Gasteiger partial charge in [-0.25, -0.2) is 0 Å². The number of rotatable bonds is 5. The highest BCUT2D eigenvalue weighted by Gasteiger charge is 2.28. The van der Waals surface area contributed by atoms with Gasteiger partial charge in [-0.3, -0.25) is 0 Å². The number of nitrogens with zero attached hydrogens (tertiary/aromatic N) is 4. The molecule has 0 aliphatic carbocycles. The van der Waals surface area contributed by atoms with E-state index in [0.29, 0.717) is 6.04 Å². The van der Waals surface area contributed by atoms with E-state index in [1.165, 1.54) is 22.4 Å². The smallest absolute Gasteiger partial charge is 0.157 e. The molecule has 0 saturated carbocycles. The highest BCUT2D eigenvalue weighted by atomic mass is 15.3. The first kappa shape index (κ1) is 19.6. The number of anilines is 2. The average Bonchev–Trinajstić information content (AvgIpc) is 2.64. The van der Waals surface area contributed by atoms with E-state index in [9.17, 15) is 0 Å². The molecule has 1 atom stereocenters. The van der Waals surface area contributed by atoms with E-state index in [2.05, 4.69) is 96.6 Å². The second-order valence-corrected chi connectivity index (χ2v) is 8.54. The maximum absolute atomic E-state index is 4.52. The molecule has 1 saturated heterocycles. The number of aromatic nitrogens is 2. The van der Waals surface area contributed by atoms with E-state index in [1.54, 1.807) is 0 Å². The Labute approximate surface area is 173 Å². The van der Waals surface area contributed by atoms with Crippen molar-refractivity contribution in [3.8, 4) is 0 Å². The van der Waals surface area contributed by atoms with E-state index in [1.807, 2.05) is 6.92 Å². The van der Waals surface area contributed by atoms with Crippen LogP contribution in [0.2, 0.25) is 0 Å². The van der Waals surface area contributed by atoms with Crippen molar-refractivity contribution in [1.82, 2.24) is 15.1 Å². The van der Waals surface area contributed by atoms with Crippen LogP contribution in [0, 0.1) is 20.8 Å². The van der Waals surface area contributed by atoms with Crippen molar-refractivity contribution in [1.29, 1.82) is 0 Å². The number of fused-ring (bicyclic) bond motifs is 1. The van der Waals surface area contributed by atoms with E-state index in [4.69, 9.17) is 0 Å². The van der Waals surface area contributed by atoms with Crippen molar-refractivity contribution in [3.05, 3.63) is 58.8 Å². The van der Waals surface area contributed by atoms with E-state index in [-0.39, 0.29) is 6.04 Å². The standard InChI is InChI=1S/C24H31N5/c1-15-8-7-9-21(16(15)2)17(3)25-24-23-12-19(29-13-20(14-29)28(5)6)10-11-22(23)18(4)26-27-24/h7-12,17,20H,13-14H2,1-6H3,(H,25,27)/t17-/m1/s1. The molecular formula is C24H31N5. The fourth-order valence-corrected chi connectivity index (χ4v) is 4.10. The Hall–Kier alpha value is -2.66. The molecule has 0 spiro atoms. The molecule has 1 aliphatic heterocycles. The van der Waals surface area contributed by atoms with Gasteiger partial charge >= 0.3 is 0 Å². The third kappa shape index (κ3) is 3.67. The number of hydrogen-bond acceptors (Lipinski definition) is 5. The number of benzene rings is 2. The second-order valence-electron chi connectivity index (χ2n) is 8.54. The summed E-state index contributed by atoms with van der Waals surface area (Å²) in [7, 11) is 4.30. The first-order chi connectivity index (χ1) is 13.8. The van der Waals surface area contributed by atoms with Crippen LogP contribution in [0.4, 0.5) is 11.5 Å². The van der Waals surface area contributed by atoms with Gasteiger partial charge in [-0.2, -0.15) is 5.10 Å². The Morgan fingerprint density at radius 1 is 1.03 bits per heavy atom. The van der Waals surface area contributed by atoms with Crippen molar-refractivity contribution in [2.75, 3.05) is 37.4 Å². The Morgan fingerprint density at radius 2 is 1.79 bits per heavy atom. The van der Waals surface area contributed by atoms with Crippen molar-refractivity contribution < 1.29 is 0 Å². The first-order valence-electron chi connectivity index (χ1n) is 10.4. The summed E-state index contributed by atoms with van der Waals surface area (Å²) in [4.78, 5) is 4.73. The van der Waals surface area contributed by atoms with Crippen molar-refractivity contribution in [2.45, 2.75) is 39.8 Å². The van der Waals surface area contributed by atoms with Gasteiger partial charge in [0.2, 0.25) is 0 Å². The fraction of sp³-hybridized carbons (Fsp3) is 0.417. The van der Waals surface area contributed by atoms with Crippen LogP contribution in [-0.4, -0.2) is 48.3 Å². The van der Waals surface area contributed by atoms with Crippen LogP contribution < -0.4 is 10.2 Å². The summed E-state index contributed by atoms with van der Waals surface area (Å²) >= 11 is 0. The molecule has 0 unspecified atom stereocenters. The van der Waals surface area contributed by atoms with Gasteiger partial charge in [0.15, 0.2) is 5.82 Å². The van der Waals surface area contributed by atoms with Crippen molar-refractivity contribution in [3.63, 3.8) is 0 Å². The van der Waals surface area contributed by atoms with Crippen LogP contribution in [0.15, 0.2) is 36.4 Å². The minimum absolute atomic E-state index is 0.154. The Bertz CT molecular complexity index is 1040. The van der Waals surface area contributed by atoms with Gasteiger partial charge in [-0.05, 0) is 70.6 Å². The molecule has 29 heavy (non-hydrogen) atoms. The number of hydrogen-bond donors (Lipinski definition) is 1. The van der Waals surface area contributed by atoms with Gasteiger partial charge in [-0.1, -0.05) is 24.3 Å². The summed E-state index contributed by atoms with van der Waals surface area (Å²) in [6, 6.07) is 13.9. The lowest BCUT2D eigenvalue weighted by Crippen LogP contribution is -2.57. The monoisotopic (exact) mass is 389 g/mol. The zero-order chi connectivity index (χ0) is 20.7. The van der Waals surface area contributed by atoms with E-state index >= 15 is 0 Å². The summed E-state index contributed by atoms with van der Waals surface area (Å²) in [6.45, 7) is 10.7. The maximum Gasteiger partial charge on any atom is 0.157 e. The molecule has 2 aromatic carbocycles. The SMILES string of the molecule is Cc1cccc([C@@H](C)Nc2nnc(C)c3ccc(N4CC(N(C)C)C4)cc23)c1C. The Morgan fingerprint density at radius 3 is 2.52 bits per heavy atom. The molecule has 2 heterocycles. The maximum atomic E-state index is 4.52. The molecule has 1 fully saturated rings. The summed E-state index contributed by atoms with van der Waals surface area (Å²) in [6.07, 6.45) is 0. The zero-order valence-electron chi connectivity index (χ0n) is 18.3. The third-order valence-corrected chi connectivity index (χ3v) is 6.37. The van der Waals surface area contributed by atoms with Gasteiger partial charge in [0.05, 0.1) is 11.7 Å².